The first-order valence-corrected chi connectivity index (χ1v) is 12.5. The highest BCUT2D eigenvalue weighted by Gasteiger charge is 2.46. The predicted octanol–water partition coefficient (Wildman–Crippen LogP) is 3.70. The van der Waals surface area contributed by atoms with Gasteiger partial charge in [0.15, 0.2) is 0 Å². The molecular formula is C26H29BrN2O6. The number of likely N-dealkylation sites (tertiary alicyclic amines) is 1. The molecule has 0 saturated carbocycles. The van der Waals surface area contributed by atoms with Crippen molar-refractivity contribution < 1.29 is 29.3 Å². The van der Waals surface area contributed by atoms with Gasteiger partial charge in [0.2, 0.25) is 0 Å². The summed E-state index contributed by atoms with van der Waals surface area (Å²) in [5, 5.41) is 21.6. The van der Waals surface area contributed by atoms with Crippen LogP contribution in [0.5, 0.6) is 11.5 Å². The number of nitrogens with zero attached hydrogens (tertiary/aromatic N) is 2. The van der Waals surface area contributed by atoms with Gasteiger partial charge < -0.3 is 24.6 Å². The summed E-state index contributed by atoms with van der Waals surface area (Å²) < 4.78 is 11.7. The fourth-order valence-corrected chi connectivity index (χ4v) is 4.89. The van der Waals surface area contributed by atoms with Gasteiger partial charge in [-0.25, -0.2) is 0 Å². The Morgan fingerprint density at radius 1 is 1.14 bits per heavy atom. The van der Waals surface area contributed by atoms with Gasteiger partial charge in [-0.3, -0.25) is 14.5 Å². The number of ketones is 1. The third kappa shape index (κ3) is 5.52. The van der Waals surface area contributed by atoms with Crippen molar-refractivity contribution in [3.63, 3.8) is 0 Å². The molecule has 0 bridgehead atoms. The second kappa shape index (κ2) is 11.2. The number of benzene rings is 2. The summed E-state index contributed by atoms with van der Waals surface area (Å²) in [5.74, 6) is -1.44. The van der Waals surface area contributed by atoms with Gasteiger partial charge in [0.1, 0.15) is 17.3 Å². The topological polar surface area (TPSA) is 99.5 Å². The molecule has 1 amide bonds. The number of rotatable bonds is 8. The standard InChI is InChI=1S/C26H29BrN2O6/c1-2-35-19-6-3-5-17(15-19)23-22(24(31)20-16-18(27)7-8-21(20)30)25(32)26(33)29(23)10-4-9-28-11-13-34-14-12-28/h3,5-8,15-16,23,30-31H,2,4,9-14H2,1H3. The minimum atomic E-state index is -0.807. The summed E-state index contributed by atoms with van der Waals surface area (Å²) in [6.07, 6.45) is 0.664. The molecule has 35 heavy (non-hydrogen) atoms. The maximum absolute atomic E-state index is 13.2. The molecule has 2 saturated heterocycles. The van der Waals surface area contributed by atoms with Crippen molar-refractivity contribution in [2.24, 2.45) is 0 Å². The smallest absolute Gasteiger partial charge is 0.295 e. The Labute approximate surface area is 212 Å². The number of carbonyl (C=O) groups is 2. The van der Waals surface area contributed by atoms with E-state index in [0.29, 0.717) is 48.6 Å². The van der Waals surface area contributed by atoms with Crippen LogP contribution in [-0.2, 0) is 14.3 Å². The summed E-state index contributed by atoms with van der Waals surface area (Å²) in [6.45, 7) is 6.49. The second-order valence-corrected chi connectivity index (χ2v) is 9.38. The zero-order chi connectivity index (χ0) is 24.9. The lowest BCUT2D eigenvalue weighted by Crippen LogP contribution is -2.38. The van der Waals surface area contributed by atoms with Crippen molar-refractivity contribution in [3.05, 3.63) is 63.6 Å². The van der Waals surface area contributed by atoms with Crippen LogP contribution in [0, 0.1) is 0 Å². The number of aromatic hydroxyl groups is 1. The fourth-order valence-electron chi connectivity index (χ4n) is 4.53. The maximum atomic E-state index is 13.2. The number of morpholine rings is 1. The van der Waals surface area contributed by atoms with E-state index >= 15 is 0 Å². The number of hydrogen-bond donors (Lipinski definition) is 2. The fraction of sp³-hybridized carbons (Fsp3) is 0.385. The predicted molar refractivity (Wildman–Crippen MR) is 134 cm³/mol. The van der Waals surface area contributed by atoms with E-state index in [9.17, 15) is 19.8 Å². The first-order valence-electron chi connectivity index (χ1n) is 11.7. The van der Waals surface area contributed by atoms with Crippen molar-refractivity contribution >= 4 is 33.4 Å². The van der Waals surface area contributed by atoms with Gasteiger partial charge in [0.05, 0.1) is 37.0 Å². The van der Waals surface area contributed by atoms with Crippen LogP contribution >= 0.6 is 15.9 Å². The average Bonchev–Trinajstić information content (AvgIpc) is 3.11. The second-order valence-electron chi connectivity index (χ2n) is 8.47. The summed E-state index contributed by atoms with van der Waals surface area (Å²) in [5.41, 5.74) is 0.678. The Balaban J connectivity index is 1.72. The van der Waals surface area contributed by atoms with Gasteiger partial charge in [-0.2, -0.15) is 0 Å². The Morgan fingerprint density at radius 2 is 1.91 bits per heavy atom. The van der Waals surface area contributed by atoms with Crippen molar-refractivity contribution in [1.82, 2.24) is 9.80 Å². The number of amides is 1. The number of phenols is 1. The minimum absolute atomic E-state index is 0.0524. The number of aliphatic hydroxyl groups excluding tert-OH is 1. The number of Topliss-reactive ketones (excluding diaryl/α,β-unsaturated/α-hetero) is 1. The highest BCUT2D eigenvalue weighted by Crippen LogP contribution is 2.42. The van der Waals surface area contributed by atoms with Gasteiger partial charge >= 0.3 is 0 Å². The zero-order valence-electron chi connectivity index (χ0n) is 19.6. The van der Waals surface area contributed by atoms with Gasteiger partial charge in [-0.15, -0.1) is 0 Å². The lowest BCUT2D eigenvalue weighted by Gasteiger charge is -2.29. The minimum Gasteiger partial charge on any atom is -0.507 e. The van der Waals surface area contributed by atoms with Gasteiger partial charge in [-0.1, -0.05) is 28.1 Å². The summed E-state index contributed by atoms with van der Waals surface area (Å²) in [6, 6.07) is 10.9. The van der Waals surface area contributed by atoms with Crippen molar-refractivity contribution in [1.29, 1.82) is 0 Å². The van der Waals surface area contributed by atoms with E-state index in [4.69, 9.17) is 9.47 Å². The molecule has 186 valence electrons. The Hall–Kier alpha value is -2.88. The van der Waals surface area contributed by atoms with E-state index in [1.807, 2.05) is 13.0 Å². The monoisotopic (exact) mass is 544 g/mol. The highest BCUT2D eigenvalue weighted by molar-refractivity contribution is 9.10. The Kier molecular flexibility index (Phi) is 8.10. The molecule has 2 aliphatic heterocycles. The molecule has 2 aliphatic rings. The van der Waals surface area contributed by atoms with Crippen LogP contribution in [0.4, 0.5) is 0 Å². The van der Waals surface area contributed by atoms with Crippen molar-refractivity contribution in [3.8, 4) is 11.5 Å². The SMILES string of the molecule is CCOc1cccc(C2C(=C(O)c3cc(Br)ccc3O)C(=O)C(=O)N2CCCN2CCOCC2)c1. The molecule has 0 radical (unpaired) electrons. The maximum Gasteiger partial charge on any atom is 0.295 e. The lowest BCUT2D eigenvalue weighted by atomic mass is 9.95. The molecule has 2 aromatic carbocycles. The summed E-state index contributed by atoms with van der Waals surface area (Å²) in [7, 11) is 0. The zero-order valence-corrected chi connectivity index (χ0v) is 21.2. The molecule has 0 aliphatic carbocycles. The summed E-state index contributed by atoms with van der Waals surface area (Å²) >= 11 is 3.33. The summed E-state index contributed by atoms with van der Waals surface area (Å²) in [4.78, 5) is 30.2. The molecule has 1 unspecified atom stereocenters. The molecule has 8 nitrogen and oxygen atoms in total. The van der Waals surface area contributed by atoms with Gasteiger partial charge in [0, 0.05) is 30.7 Å². The third-order valence-electron chi connectivity index (χ3n) is 6.22. The van der Waals surface area contributed by atoms with Crippen molar-refractivity contribution in [2.75, 3.05) is 46.0 Å². The molecule has 2 N–H and O–H groups in total. The lowest BCUT2D eigenvalue weighted by molar-refractivity contribution is -0.140. The van der Waals surface area contributed by atoms with Crippen LogP contribution in [0.25, 0.3) is 5.76 Å². The van der Waals surface area contributed by atoms with Crippen LogP contribution in [0.3, 0.4) is 0 Å². The van der Waals surface area contributed by atoms with Gasteiger partial charge in [-0.05, 0) is 49.2 Å². The normalized spacial score (nSPS) is 20.4. The molecule has 0 aromatic heterocycles. The molecule has 2 aromatic rings. The largest absolute Gasteiger partial charge is 0.507 e. The van der Waals surface area contributed by atoms with Crippen LogP contribution in [0.1, 0.15) is 30.5 Å². The molecule has 0 spiro atoms. The van der Waals surface area contributed by atoms with E-state index in [2.05, 4.69) is 20.8 Å². The number of halogens is 1. The third-order valence-corrected chi connectivity index (χ3v) is 6.71. The molecular weight excluding hydrogens is 516 g/mol. The highest BCUT2D eigenvalue weighted by atomic mass is 79.9. The number of ether oxygens (including phenoxy) is 2. The number of phenolic OH excluding ortho intramolecular Hbond substituents is 1. The molecule has 9 heteroatoms. The van der Waals surface area contributed by atoms with Crippen molar-refractivity contribution in [2.45, 2.75) is 19.4 Å². The Bertz CT molecular complexity index is 1130. The van der Waals surface area contributed by atoms with Crippen LogP contribution in [0.15, 0.2) is 52.5 Å². The van der Waals surface area contributed by atoms with E-state index in [-0.39, 0.29) is 16.9 Å². The first-order chi connectivity index (χ1) is 16.9. The van der Waals surface area contributed by atoms with E-state index in [0.717, 1.165) is 19.6 Å². The van der Waals surface area contributed by atoms with E-state index in [1.165, 1.54) is 17.0 Å². The van der Waals surface area contributed by atoms with Gasteiger partial charge in [0.25, 0.3) is 11.7 Å². The molecule has 2 heterocycles. The van der Waals surface area contributed by atoms with Crippen LogP contribution in [-0.4, -0.2) is 77.7 Å². The number of aliphatic hydroxyl groups is 1. The molecule has 4 rings (SSSR count). The van der Waals surface area contributed by atoms with Crippen LogP contribution in [0.2, 0.25) is 0 Å². The number of hydrogen-bond acceptors (Lipinski definition) is 7. The van der Waals surface area contributed by atoms with E-state index in [1.54, 1.807) is 24.3 Å². The average molecular weight is 545 g/mol. The molecule has 1 atom stereocenters. The first kappa shape index (κ1) is 25.2. The quantitative estimate of drug-likeness (QED) is 0.297. The van der Waals surface area contributed by atoms with E-state index < -0.39 is 23.5 Å². The van der Waals surface area contributed by atoms with Crippen LogP contribution < -0.4 is 4.74 Å². The molecule has 2 fully saturated rings. The Morgan fingerprint density at radius 3 is 2.66 bits per heavy atom. The number of carbonyl (C=O) groups excluding carboxylic acids is 2.